The first kappa shape index (κ1) is 12.7. The molecule has 4 heteroatoms. The third-order valence-electron chi connectivity index (χ3n) is 3.91. The number of rotatable bonds is 2. The molecule has 1 fully saturated rings. The average molecular weight is 244 g/mol. The highest BCUT2D eigenvalue weighted by Gasteiger charge is 2.22. The zero-order valence-electron chi connectivity index (χ0n) is 11.1. The number of hydrogen-bond donors (Lipinski definition) is 1. The van der Waals surface area contributed by atoms with Crippen LogP contribution in [-0.2, 0) is 0 Å². The maximum absolute atomic E-state index is 8.96. The normalized spacial score (nSPS) is 23.4. The molecular weight excluding hydrogens is 224 g/mol. The van der Waals surface area contributed by atoms with Crippen LogP contribution in [0.1, 0.15) is 38.3 Å². The fourth-order valence-corrected chi connectivity index (χ4v) is 2.56. The second kappa shape index (κ2) is 5.26. The van der Waals surface area contributed by atoms with Gasteiger partial charge in [-0.25, -0.2) is 4.98 Å². The van der Waals surface area contributed by atoms with Crippen molar-refractivity contribution in [3.63, 3.8) is 0 Å². The highest BCUT2D eigenvalue weighted by Crippen LogP contribution is 2.29. The predicted octanol–water partition coefficient (Wildman–Crippen LogP) is 2.55. The number of pyridine rings is 1. The Labute approximate surface area is 108 Å². The Kier molecular flexibility index (Phi) is 3.71. The van der Waals surface area contributed by atoms with Gasteiger partial charge in [0.25, 0.3) is 0 Å². The zero-order valence-corrected chi connectivity index (χ0v) is 11.1. The van der Waals surface area contributed by atoms with Crippen LogP contribution in [-0.4, -0.2) is 18.1 Å². The maximum atomic E-state index is 8.96. The van der Waals surface area contributed by atoms with Gasteiger partial charge >= 0.3 is 0 Å². The maximum Gasteiger partial charge on any atom is 0.165 e. The fourth-order valence-electron chi connectivity index (χ4n) is 2.56. The topological polar surface area (TPSA) is 65.9 Å². The summed E-state index contributed by atoms with van der Waals surface area (Å²) in [4.78, 5) is 6.51. The monoisotopic (exact) mass is 244 g/mol. The summed E-state index contributed by atoms with van der Waals surface area (Å²) in [7, 11) is 2.06. The lowest BCUT2D eigenvalue weighted by Crippen LogP contribution is -2.35. The summed E-state index contributed by atoms with van der Waals surface area (Å²) >= 11 is 0. The molecule has 96 valence electrons. The van der Waals surface area contributed by atoms with Crippen molar-refractivity contribution in [2.75, 3.05) is 17.7 Å². The van der Waals surface area contributed by atoms with Crippen LogP contribution < -0.4 is 10.6 Å². The Morgan fingerprint density at radius 2 is 2.00 bits per heavy atom. The molecule has 0 saturated heterocycles. The average Bonchev–Trinajstić information content (AvgIpc) is 2.39. The van der Waals surface area contributed by atoms with Crippen LogP contribution in [0.3, 0.4) is 0 Å². The number of hydrogen-bond acceptors (Lipinski definition) is 4. The van der Waals surface area contributed by atoms with E-state index in [4.69, 9.17) is 11.0 Å². The van der Waals surface area contributed by atoms with Crippen LogP contribution in [0.2, 0.25) is 0 Å². The number of anilines is 2. The van der Waals surface area contributed by atoms with E-state index in [1.54, 1.807) is 6.07 Å². The van der Waals surface area contributed by atoms with E-state index in [9.17, 15) is 0 Å². The van der Waals surface area contributed by atoms with Crippen molar-refractivity contribution >= 4 is 11.5 Å². The minimum atomic E-state index is 0.323. The molecular formula is C14H20N4. The summed E-state index contributed by atoms with van der Waals surface area (Å²) in [5.74, 6) is 1.68. The summed E-state index contributed by atoms with van der Waals surface area (Å²) in [5.41, 5.74) is 6.47. The van der Waals surface area contributed by atoms with Crippen molar-refractivity contribution in [1.29, 1.82) is 5.26 Å². The van der Waals surface area contributed by atoms with Gasteiger partial charge in [0, 0.05) is 13.1 Å². The molecule has 1 aromatic rings. The van der Waals surface area contributed by atoms with Crippen molar-refractivity contribution in [1.82, 2.24) is 4.98 Å². The Balaban J connectivity index is 2.14. The number of nitrogen functional groups attached to an aromatic ring is 1. The molecule has 0 spiro atoms. The molecule has 0 aromatic carbocycles. The lowest BCUT2D eigenvalue weighted by Gasteiger charge is -2.34. The molecule has 18 heavy (non-hydrogen) atoms. The van der Waals surface area contributed by atoms with E-state index >= 15 is 0 Å². The second-order valence-corrected chi connectivity index (χ2v) is 5.24. The van der Waals surface area contributed by atoms with Crippen molar-refractivity contribution in [2.24, 2.45) is 5.92 Å². The van der Waals surface area contributed by atoms with E-state index in [1.165, 1.54) is 25.7 Å². The van der Waals surface area contributed by atoms with Gasteiger partial charge in [-0.2, -0.15) is 5.26 Å². The minimum Gasteiger partial charge on any atom is -0.396 e. The Bertz CT molecular complexity index is 455. The van der Waals surface area contributed by atoms with Crippen LogP contribution in [0.15, 0.2) is 12.1 Å². The van der Waals surface area contributed by atoms with Gasteiger partial charge < -0.3 is 10.6 Å². The smallest absolute Gasteiger partial charge is 0.165 e. The van der Waals surface area contributed by atoms with Crippen LogP contribution >= 0.6 is 0 Å². The molecule has 2 N–H and O–H groups in total. The number of nitrogens with zero attached hydrogens (tertiary/aromatic N) is 3. The fraction of sp³-hybridized carbons (Fsp3) is 0.571. The van der Waals surface area contributed by atoms with Gasteiger partial charge in [-0.05, 0) is 43.7 Å². The van der Waals surface area contributed by atoms with Crippen LogP contribution in [0.5, 0.6) is 0 Å². The standard InChI is InChI=1S/C14H20N4/c1-10-3-5-11(6-4-10)18(2)14-8-7-12(16)13(9-15)17-14/h7-8,10-11H,3-6,16H2,1-2H3. The van der Waals surface area contributed by atoms with E-state index in [0.29, 0.717) is 17.4 Å². The molecule has 1 aromatic heterocycles. The molecule has 2 rings (SSSR count). The van der Waals surface area contributed by atoms with Gasteiger partial charge in [-0.1, -0.05) is 6.92 Å². The van der Waals surface area contributed by atoms with Crippen LogP contribution in [0, 0.1) is 17.2 Å². The van der Waals surface area contributed by atoms with Gasteiger partial charge in [0.15, 0.2) is 5.69 Å². The number of aromatic nitrogens is 1. The molecule has 1 aliphatic carbocycles. The first-order valence-electron chi connectivity index (χ1n) is 6.51. The van der Waals surface area contributed by atoms with E-state index in [2.05, 4.69) is 23.9 Å². The minimum absolute atomic E-state index is 0.323. The van der Waals surface area contributed by atoms with Crippen molar-refractivity contribution in [3.8, 4) is 6.07 Å². The SMILES string of the molecule is CC1CCC(N(C)c2ccc(N)c(C#N)n2)CC1. The highest BCUT2D eigenvalue weighted by molar-refractivity contribution is 5.55. The van der Waals surface area contributed by atoms with E-state index in [-0.39, 0.29) is 0 Å². The molecule has 0 radical (unpaired) electrons. The molecule has 0 bridgehead atoms. The number of nitriles is 1. The van der Waals surface area contributed by atoms with Crippen molar-refractivity contribution in [3.05, 3.63) is 17.8 Å². The summed E-state index contributed by atoms with van der Waals surface area (Å²) in [6.45, 7) is 2.31. The van der Waals surface area contributed by atoms with Gasteiger partial charge in [0.1, 0.15) is 11.9 Å². The summed E-state index contributed by atoms with van der Waals surface area (Å²) in [6.07, 6.45) is 4.95. The molecule has 0 unspecified atom stereocenters. The third kappa shape index (κ3) is 2.56. The van der Waals surface area contributed by atoms with Gasteiger partial charge in [0.05, 0.1) is 5.69 Å². The Morgan fingerprint density at radius 1 is 1.33 bits per heavy atom. The molecule has 1 heterocycles. The lowest BCUT2D eigenvalue weighted by molar-refractivity contribution is 0.340. The summed E-state index contributed by atoms with van der Waals surface area (Å²) < 4.78 is 0. The Morgan fingerprint density at radius 3 is 2.61 bits per heavy atom. The molecule has 4 nitrogen and oxygen atoms in total. The van der Waals surface area contributed by atoms with Crippen LogP contribution in [0.25, 0.3) is 0 Å². The largest absolute Gasteiger partial charge is 0.396 e. The molecule has 0 aliphatic heterocycles. The van der Waals surface area contributed by atoms with Gasteiger partial charge in [-0.3, -0.25) is 0 Å². The highest BCUT2D eigenvalue weighted by atomic mass is 15.2. The lowest BCUT2D eigenvalue weighted by atomic mass is 9.87. The first-order chi connectivity index (χ1) is 8.61. The third-order valence-corrected chi connectivity index (χ3v) is 3.91. The van der Waals surface area contributed by atoms with E-state index in [0.717, 1.165) is 11.7 Å². The Hall–Kier alpha value is -1.76. The van der Waals surface area contributed by atoms with E-state index in [1.807, 2.05) is 12.1 Å². The molecule has 1 saturated carbocycles. The zero-order chi connectivity index (χ0) is 13.1. The van der Waals surface area contributed by atoms with Gasteiger partial charge in [-0.15, -0.1) is 0 Å². The predicted molar refractivity (Wildman–Crippen MR) is 73.2 cm³/mol. The number of nitrogens with two attached hydrogens (primary N) is 1. The molecule has 0 atom stereocenters. The molecule has 0 amide bonds. The van der Waals surface area contributed by atoms with Gasteiger partial charge in [0.2, 0.25) is 0 Å². The van der Waals surface area contributed by atoms with Crippen molar-refractivity contribution in [2.45, 2.75) is 38.6 Å². The van der Waals surface area contributed by atoms with Crippen LogP contribution in [0.4, 0.5) is 11.5 Å². The summed E-state index contributed by atoms with van der Waals surface area (Å²) in [6, 6.07) is 6.23. The first-order valence-corrected chi connectivity index (χ1v) is 6.51. The second-order valence-electron chi connectivity index (χ2n) is 5.24. The van der Waals surface area contributed by atoms with E-state index < -0.39 is 0 Å². The van der Waals surface area contributed by atoms with Crippen molar-refractivity contribution < 1.29 is 0 Å². The summed E-state index contributed by atoms with van der Waals surface area (Å²) in [5, 5.41) is 8.96. The molecule has 1 aliphatic rings. The quantitative estimate of drug-likeness (QED) is 0.868.